The second-order valence-electron chi connectivity index (χ2n) is 10.4. The van der Waals surface area contributed by atoms with Crippen molar-refractivity contribution < 1.29 is 4.74 Å². The van der Waals surface area contributed by atoms with Gasteiger partial charge < -0.3 is 4.74 Å². The van der Waals surface area contributed by atoms with Crippen LogP contribution in [0.2, 0.25) is 0 Å². The van der Waals surface area contributed by atoms with Crippen molar-refractivity contribution in [1.82, 2.24) is 14.5 Å². The fourth-order valence-corrected chi connectivity index (χ4v) is 5.01. The Balaban J connectivity index is 1.45. The molecule has 0 unspecified atom stereocenters. The summed E-state index contributed by atoms with van der Waals surface area (Å²) in [7, 11) is 0. The van der Waals surface area contributed by atoms with Gasteiger partial charge in [0.05, 0.1) is 11.0 Å². The van der Waals surface area contributed by atoms with Gasteiger partial charge in [0.25, 0.3) is 0 Å². The smallest absolute Gasteiger partial charge is 0.219 e. The highest BCUT2D eigenvalue weighted by Gasteiger charge is 2.15. The van der Waals surface area contributed by atoms with Crippen LogP contribution < -0.4 is 4.74 Å². The zero-order chi connectivity index (χ0) is 26.2. The first-order valence-corrected chi connectivity index (χ1v) is 13.2. The van der Waals surface area contributed by atoms with Crippen molar-refractivity contribution in [2.75, 3.05) is 0 Å². The minimum atomic E-state index is 0.417. The molecule has 0 atom stereocenters. The second kappa shape index (κ2) is 9.79. The van der Waals surface area contributed by atoms with Gasteiger partial charge in [0.15, 0.2) is 0 Å². The third-order valence-corrected chi connectivity index (χ3v) is 7.15. The van der Waals surface area contributed by atoms with Crippen molar-refractivity contribution in [2.45, 2.75) is 39.5 Å². The van der Waals surface area contributed by atoms with E-state index in [2.05, 4.69) is 104 Å². The largest absolute Gasteiger partial charge is 0.439 e. The van der Waals surface area contributed by atoms with E-state index in [4.69, 9.17) is 9.72 Å². The molecule has 4 heteroatoms. The Hall–Kier alpha value is -4.44. The van der Waals surface area contributed by atoms with Gasteiger partial charge in [-0.3, -0.25) is 4.57 Å². The molecule has 0 N–H and O–H groups in total. The van der Waals surface area contributed by atoms with Crippen LogP contribution >= 0.6 is 0 Å². The molecule has 0 spiro atoms. The van der Waals surface area contributed by atoms with Gasteiger partial charge in [-0.2, -0.15) is 0 Å². The summed E-state index contributed by atoms with van der Waals surface area (Å²) >= 11 is 0. The molecule has 38 heavy (non-hydrogen) atoms. The molecule has 0 saturated carbocycles. The highest BCUT2D eigenvalue weighted by Crippen LogP contribution is 2.36. The number of rotatable bonds is 6. The van der Waals surface area contributed by atoms with E-state index in [1.54, 1.807) is 0 Å². The summed E-state index contributed by atoms with van der Waals surface area (Å²) in [6.45, 7) is 8.77. The van der Waals surface area contributed by atoms with E-state index in [1.165, 1.54) is 21.9 Å². The molecule has 3 aromatic carbocycles. The number of para-hydroxylation sites is 1. The van der Waals surface area contributed by atoms with Crippen LogP contribution in [0.5, 0.6) is 11.6 Å². The predicted octanol–water partition coefficient (Wildman–Crippen LogP) is 9.28. The van der Waals surface area contributed by atoms with Gasteiger partial charge >= 0.3 is 0 Å². The van der Waals surface area contributed by atoms with Crippen LogP contribution in [0, 0.1) is 0 Å². The zero-order valence-electron chi connectivity index (χ0n) is 22.2. The van der Waals surface area contributed by atoms with Crippen molar-refractivity contribution in [3.05, 3.63) is 115 Å². The maximum absolute atomic E-state index is 6.17. The zero-order valence-corrected chi connectivity index (χ0v) is 22.2. The number of benzene rings is 3. The Morgan fingerprint density at radius 3 is 2.13 bits per heavy atom. The number of aromatic nitrogens is 3. The maximum Gasteiger partial charge on any atom is 0.219 e. The first kappa shape index (κ1) is 23.9. The molecule has 4 nitrogen and oxygen atoms in total. The SMILES string of the molecule is CC(C)c1ccnc(Oc2cccc(-c3ccc4c5ccccc5n(-c5cc(C(C)C)ccn5)c4c3)c2)c1. The minimum absolute atomic E-state index is 0.417. The van der Waals surface area contributed by atoms with Gasteiger partial charge in [0, 0.05) is 29.2 Å². The average molecular weight is 498 g/mol. The molecule has 0 aliphatic rings. The monoisotopic (exact) mass is 497 g/mol. The Morgan fingerprint density at radius 1 is 0.605 bits per heavy atom. The highest BCUT2D eigenvalue weighted by atomic mass is 16.5. The van der Waals surface area contributed by atoms with E-state index in [0.29, 0.717) is 17.7 Å². The minimum Gasteiger partial charge on any atom is -0.439 e. The predicted molar refractivity (Wildman–Crippen MR) is 157 cm³/mol. The van der Waals surface area contributed by atoms with E-state index in [9.17, 15) is 0 Å². The first-order chi connectivity index (χ1) is 18.5. The summed E-state index contributed by atoms with van der Waals surface area (Å²) in [6.07, 6.45) is 3.72. The molecule has 0 saturated heterocycles. The van der Waals surface area contributed by atoms with Crippen molar-refractivity contribution >= 4 is 21.8 Å². The van der Waals surface area contributed by atoms with Crippen LogP contribution in [0.25, 0.3) is 38.8 Å². The van der Waals surface area contributed by atoms with Crippen LogP contribution in [-0.4, -0.2) is 14.5 Å². The van der Waals surface area contributed by atoms with Crippen molar-refractivity contribution in [3.63, 3.8) is 0 Å². The standard InChI is InChI=1S/C34H31N3O/c1-22(2)24-14-16-35-33(20-24)37-31-11-6-5-10-29(31)30-13-12-27(19-32(30)37)26-8-7-9-28(18-26)38-34-21-25(23(3)4)15-17-36-34/h5-23H,1-4H3. The van der Waals surface area contributed by atoms with E-state index in [-0.39, 0.29) is 0 Å². The molecule has 3 heterocycles. The molecule has 0 bridgehead atoms. The first-order valence-electron chi connectivity index (χ1n) is 13.2. The number of ether oxygens (including phenoxy) is 1. The summed E-state index contributed by atoms with van der Waals surface area (Å²) in [6, 6.07) is 31.8. The molecule has 6 rings (SSSR count). The molecule has 188 valence electrons. The molecule has 0 aliphatic carbocycles. The van der Waals surface area contributed by atoms with Gasteiger partial charge in [-0.25, -0.2) is 9.97 Å². The summed E-state index contributed by atoms with van der Waals surface area (Å²) < 4.78 is 8.45. The number of nitrogens with zero attached hydrogens (tertiary/aromatic N) is 3. The Kier molecular flexibility index (Phi) is 6.16. The number of hydrogen-bond acceptors (Lipinski definition) is 3. The van der Waals surface area contributed by atoms with E-state index in [1.807, 2.05) is 36.7 Å². The van der Waals surface area contributed by atoms with Gasteiger partial charge in [-0.1, -0.05) is 70.2 Å². The summed E-state index contributed by atoms with van der Waals surface area (Å²) in [5.74, 6) is 3.16. The van der Waals surface area contributed by atoms with Crippen molar-refractivity contribution in [3.8, 4) is 28.6 Å². The lowest BCUT2D eigenvalue weighted by Crippen LogP contribution is -1.99. The summed E-state index contributed by atoms with van der Waals surface area (Å²) in [4.78, 5) is 9.20. The van der Waals surface area contributed by atoms with Gasteiger partial charge in [0.1, 0.15) is 11.6 Å². The van der Waals surface area contributed by atoms with E-state index in [0.717, 1.165) is 33.7 Å². The Labute approximate surface area is 223 Å². The quantitative estimate of drug-likeness (QED) is 0.230. The average Bonchev–Trinajstić information content (AvgIpc) is 3.27. The molecular weight excluding hydrogens is 466 g/mol. The number of fused-ring (bicyclic) bond motifs is 3. The fourth-order valence-electron chi connectivity index (χ4n) is 5.01. The summed E-state index contributed by atoms with van der Waals surface area (Å²) in [5.41, 5.74) is 6.98. The molecule has 6 aromatic rings. The normalized spacial score (nSPS) is 11.6. The van der Waals surface area contributed by atoms with Crippen LogP contribution in [0.15, 0.2) is 103 Å². The van der Waals surface area contributed by atoms with Crippen LogP contribution in [0.4, 0.5) is 0 Å². The molecule has 0 aliphatic heterocycles. The molecule has 0 fully saturated rings. The molecule has 3 aromatic heterocycles. The van der Waals surface area contributed by atoms with E-state index >= 15 is 0 Å². The Bertz CT molecular complexity index is 1760. The second-order valence-corrected chi connectivity index (χ2v) is 10.4. The van der Waals surface area contributed by atoms with Gasteiger partial charge in [-0.15, -0.1) is 0 Å². The topological polar surface area (TPSA) is 39.9 Å². The molecular formula is C34H31N3O. The lowest BCUT2D eigenvalue weighted by molar-refractivity contribution is 0.462. The van der Waals surface area contributed by atoms with Crippen LogP contribution in [0.3, 0.4) is 0 Å². The maximum atomic E-state index is 6.17. The summed E-state index contributed by atoms with van der Waals surface area (Å²) in [5, 5.41) is 2.43. The van der Waals surface area contributed by atoms with E-state index < -0.39 is 0 Å². The van der Waals surface area contributed by atoms with Crippen molar-refractivity contribution in [2.24, 2.45) is 0 Å². The van der Waals surface area contributed by atoms with Crippen LogP contribution in [0.1, 0.15) is 50.7 Å². The van der Waals surface area contributed by atoms with Crippen molar-refractivity contribution in [1.29, 1.82) is 0 Å². The molecule has 0 amide bonds. The van der Waals surface area contributed by atoms with Crippen LogP contribution in [-0.2, 0) is 0 Å². The third-order valence-electron chi connectivity index (χ3n) is 7.15. The fraction of sp³-hybridized carbons (Fsp3) is 0.176. The molecule has 0 radical (unpaired) electrons. The number of pyridine rings is 2. The lowest BCUT2D eigenvalue weighted by Gasteiger charge is -2.12. The highest BCUT2D eigenvalue weighted by molar-refractivity contribution is 6.10. The van der Waals surface area contributed by atoms with Gasteiger partial charge in [-0.05, 0) is 76.6 Å². The Morgan fingerprint density at radius 2 is 1.32 bits per heavy atom. The van der Waals surface area contributed by atoms with Gasteiger partial charge in [0.2, 0.25) is 5.88 Å². The number of hydrogen-bond donors (Lipinski definition) is 0. The third kappa shape index (κ3) is 4.43. The lowest BCUT2D eigenvalue weighted by atomic mass is 10.0.